The van der Waals surface area contributed by atoms with Gasteiger partial charge >= 0.3 is 0 Å². The third-order valence-corrected chi connectivity index (χ3v) is 6.54. The van der Waals surface area contributed by atoms with E-state index >= 15 is 0 Å². The summed E-state index contributed by atoms with van der Waals surface area (Å²) >= 11 is 0. The van der Waals surface area contributed by atoms with Crippen molar-refractivity contribution in [2.75, 3.05) is 30.9 Å². The van der Waals surface area contributed by atoms with E-state index in [1.807, 2.05) is 20.8 Å². The third-order valence-electron chi connectivity index (χ3n) is 5.16. The molecule has 3 rings (SSSR count). The van der Waals surface area contributed by atoms with Crippen molar-refractivity contribution in [3.63, 3.8) is 0 Å². The number of nitrogens with one attached hydrogen (secondary N) is 1. The molecule has 0 aliphatic carbocycles. The van der Waals surface area contributed by atoms with E-state index in [1.165, 1.54) is 18.2 Å². The molecule has 0 bridgehead atoms. The van der Waals surface area contributed by atoms with Gasteiger partial charge in [0.05, 0.1) is 4.90 Å². The molecule has 0 saturated carbocycles. The molecule has 1 fully saturated rings. The molecule has 1 heterocycles. The summed E-state index contributed by atoms with van der Waals surface area (Å²) in [7, 11) is -4.18. The van der Waals surface area contributed by atoms with Crippen molar-refractivity contribution in [1.82, 2.24) is 9.80 Å². The Balaban J connectivity index is 1.66. The van der Waals surface area contributed by atoms with Crippen molar-refractivity contribution in [1.29, 1.82) is 0 Å². The molecule has 2 amide bonds. The van der Waals surface area contributed by atoms with Gasteiger partial charge in [0.1, 0.15) is 0 Å². The van der Waals surface area contributed by atoms with Crippen LogP contribution >= 0.6 is 0 Å². The number of carbonyl (C=O) groups is 2. The Morgan fingerprint density at radius 3 is 2.18 bits per heavy atom. The number of hydrogen-bond donors (Lipinski definition) is 1. The maximum atomic E-state index is 13.4. The van der Waals surface area contributed by atoms with E-state index in [1.54, 1.807) is 15.9 Å². The first-order chi connectivity index (χ1) is 15.4. The van der Waals surface area contributed by atoms with Crippen LogP contribution in [0.4, 0.5) is 14.5 Å². The Labute approximate surface area is 192 Å². The lowest BCUT2D eigenvalue weighted by Crippen LogP contribution is -2.51. The number of sulfonamides is 1. The smallest absolute Gasteiger partial charge is 0.261 e. The maximum absolute atomic E-state index is 13.4. The molecule has 0 unspecified atom stereocenters. The van der Waals surface area contributed by atoms with Gasteiger partial charge < -0.3 is 9.80 Å². The van der Waals surface area contributed by atoms with E-state index < -0.39 is 26.6 Å². The molecular formula is C23H27F2N3O4S. The number of anilines is 1. The SMILES string of the molecule is CC(C)(C)CC(=O)N1CCN(C(=O)c2cccc(NS(=O)(=O)c3ccc(F)c(F)c3)c2)CC1. The number of halogens is 2. The zero-order chi connectivity index (χ0) is 24.4. The number of benzene rings is 2. The van der Waals surface area contributed by atoms with E-state index in [0.717, 1.165) is 12.1 Å². The van der Waals surface area contributed by atoms with Gasteiger partial charge in [-0.2, -0.15) is 0 Å². The fraction of sp³-hybridized carbons (Fsp3) is 0.391. The summed E-state index contributed by atoms with van der Waals surface area (Å²) in [6.07, 6.45) is 0.432. The van der Waals surface area contributed by atoms with E-state index in [9.17, 15) is 26.8 Å². The predicted molar refractivity (Wildman–Crippen MR) is 120 cm³/mol. The lowest BCUT2D eigenvalue weighted by atomic mass is 9.91. The molecule has 7 nitrogen and oxygen atoms in total. The number of carbonyl (C=O) groups excluding carboxylic acids is 2. The molecule has 2 aromatic carbocycles. The van der Waals surface area contributed by atoms with Gasteiger partial charge in [-0.05, 0) is 41.8 Å². The lowest BCUT2D eigenvalue weighted by Gasteiger charge is -2.36. The van der Waals surface area contributed by atoms with Gasteiger partial charge in [0.25, 0.3) is 15.9 Å². The molecule has 178 valence electrons. The van der Waals surface area contributed by atoms with Gasteiger partial charge in [0.2, 0.25) is 5.91 Å². The predicted octanol–water partition coefficient (Wildman–Crippen LogP) is 3.49. The van der Waals surface area contributed by atoms with Crippen molar-refractivity contribution in [3.05, 3.63) is 59.7 Å². The van der Waals surface area contributed by atoms with Crippen molar-refractivity contribution in [2.24, 2.45) is 5.41 Å². The fourth-order valence-electron chi connectivity index (χ4n) is 3.48. The lowest BCUT2D eigenvalue weighted by molar-refractivity contribution is -0.134. The molecule has 33 heavy (non-hydrogen) atoms. The summed E-state index contributed by atoms with van der Waals surface area (Å²) < 4.78 is 53.9. The Morgan fingerprint density at radius 1 is 0.939 bits per heavy atom. The molecule has 10 heteroatoms. The third kappa shape index (κ3) is 6.28. The van der Waals surface area contributed by atoms with Gasteiger partial charge in [0.15, 0.2) is 11.6 Å². The van der Waals surface area contributed by atoms with Crippen LogP contribution in [-0.4, -0.2) is 56.2 Å². The largest absolute Gasteiger partial charge is 0.339 e. The summed E-state index contributed by atoms with van der Waals surface area (Å²) in [6.45, 7) is 7.61. The number of rotatable bonds is 5. The molecule has 0 aromatic heterocycles. The van der Waals surface area contributed by atoms with Gasteiger partial charge in [-0.15, -0.1) is 0 Å². The summed E-state index contributed by atoms with van der Waals surface area (Å²) in [5.41, 5.74) is 0.275. The average molecular weight is 480 g/mol. The monoisotopic (exact) mass is 479 g/mol. The summed E-state index contributed by atoms with van der Waals surface area (Å²) in [4.78, 5) is 28.3. The zero-order valence-corrected chi connectivity index (χ0v) is 19.6. The van der Waals surface area contributed by atoms with Crippen LogP contribution in [-0.2, 0) is 14.8 Å². The van der Waals surface area contributed by atoms with Crippen LogP contribution < -0.4 is 4.72 Å². The van der Waals surface area contributed by atoms with Crippen LogP contribution in [0.5, 0.6) is 0 Å². The number of nitrogens with zero attached hydrogens (tertiary/aromatic N) is 2. The standard InChI is InChI=1S/C23H27F2N3O4S/c1-23(2,3)15-21(29)27-9-11-28(12-10-27)22(30)16-5-4-6-17(13-16)26-33(31,32)18-7-8-19(24)20(25)14-18/h4-8,13-14,26H,9-12,15H2,1-3H3. The maximum Gasteiger partial charge on any atom is 0.261 e. The average Bonchev–Trinajstić information content (AvgIpc) is 2.74. The highest BCUT2D eigenvalue weighted by atomic mass is 32.2. The minimum absolute atomic E-state index is 0.0585. The molecule has 0 radical (unpaired) electrons. The minimum atomic E-state index is -4.18. The van der Waals surface area contributed by atoms with Crippen molar-refractivity contribution in [2.45, 2.75) is 32.1 Å². The summed E-state index contributed by atoms with van der Waals surface area (Å²) in [5.74, 6) is -2.65. The highest BCUT2D eigenvalue weighted by Crippen LogP contribution is 2.22. The van der Waals surface area contributed by atoms with Gasteiger partial charge in [-0.3, -0.25) is 14.3 Å². The second-order valence-corrected chi connectivity index (χ2v) is 10.9. The first-order valence-corrected chi connectivity index (χ1v) is 12.0. The molecule has 0 atom stereocenters. The van der Waals surface area contributed by atoms with Gasteiger partial charge in [0, 0.05) is 43.9 Å². The first-order valence-electron chi connectivity index (χ1n) is 10.5. The van der Waals surface area contributed by atoms with Gasteiger partial charge in [-0.25, -0.2) is 17.2 Å². The normalized spacial score (nSPS) is 14.8. The highest BCUT2D eigenvalue weighted by Gasteiger charge is 2.27. The Bertz CT molecular complexity index is 1150. The fourth-order valence-corrected chi connectivity index (χ4v) is 4.54. The second kappa shape index (κ2) is 9.46. The Kier molecular flexibility index (Phi) is 7.06. The van der Waals surface area contributed by atoms with Crippen LogP contribution in [0.25, 0.3) is 0 Å². The van der Waals surface area contributed by atoms with Crippen LogP contribution in [0.3, 0.4) is 0 Å². The molecule has 1 aliphatic heterocycles. The van der Waals surface area contributed by atoms with E-state index in [4.69, 9.17) is 0 Å². The molecule has 1 aliphatic rings. The second-order valence-electron chi connectivity index (χ2n) is 9.17. The molecule has 2 aromatic rings. The highest BCUT2D eigenvalue weighted by molar-refractivity contribution is 7.92. The Morgan fingerprint density at radius 2 is 1.58 bits per heavy atom. The number of amides is 2. The first kappa shape index (κ1) is 24.6. The van der Waals surface area contributed by atoms with Crippen LogP contribution in [0.2, 0.25) is 0 Å². The van der Waals surface area contributed by atoms with Crippen molar-refractivity contribution in [3.8, 4) is 0 Å². The molecule has 1 saturated heterocycles. The quantitative estimate of drug-likeness (QED) is 0.711. The number of hydrogen-bond acceptors (Lipinski definition) is 4. The molecular weight excluding hydrogens is 452 g/mol. The summed E-state index contributed by atoms with van der Waals surface area (Å²) in [5, 5.41) is 0. The molecule has 1 N–H and O–H groups in total. The van der Waals surface area contributed by atoms with E-state index in [2.05, 4.69) is 4.72 Å². The van der Waals surface area contributed by atoms with Gasteiger partial charge in [-0.1, -0.05) is 26.8 Å². The van der Waals surface area contributed by atoms with Crippen molar-refractivity contribution >= 4 is 27.5 Å². The number of piperazine rings is 1. The Hall–Kier alpha value is -3.01. The van der Waals surface area contributed by atoms with Crippen LogP contribution in [0.15, 0.2) is 47.4 Å². The van der Waals surface area contributed by atoms with E-state index in [0.29, 0.717) is 38.7 Å². The topological polar surface area (TPSA) is 86.8 Å². The summed E-state index contributed by atoms with van der Waals surface area (Å²) in [6, 6.07) is 8.21. The van der Waals surface area contributed by atoms with Crippen LogP contribution in [0, 0.1) is 17.0 Å². The van der Waals surface area contributed by atoms with E-state index in [-0.39, 0.29) is 28.5 Å². The zero-order valence-electron chi connectivity index (χ0n) is 18.8. The van der Waals surface area contributed by atoms with Crippen LogP contribution in [0.1, 0.15) is 37.6 Å². The molecule has 0 spiro atoms. The minimum Gasteiger partial charge on any atom is -0.339 e. The van der Waals surface area contributed by atoms with Crippen molar-refractivity contribution < 1.29 is 26.8 Å².